The van der Waals surface area contributed by atoms with Gasteiger partial charge in [0.2, 0.25) is 0 Å². The Morgan fingerprint density at radius 3 is 2.60 bits per heavy atom. The maximum Gasteiger partial charge on any atom is 0.0755 e. The van der Waals surface area contributed by atoms with Gasteiger partial charge in [-0.3, -0.25) is 4.68 Å². The third kappa shape index (κ3) is 3.49. The van der Waals surface area contributed by atoms with E-state index in [9.17, 15) is 0 Å². The topological polar surface area (TPSA) is 29.9 Å². The molecule has 110 valence electrons. The van der Waals surface area contributed by atoms with Gasteiger partial charge in [-0.15, -0.1) is 11.3 Å². The monoisotopic (exact) mass is 291 g/mol. The lowest BCUT2D eigenvalue weighted by Gasteiger charge is -2.03. The standard InChI is InChI=1S/C16H25N3S/c1-5-9-17-10-14-7-8-15(20-14)11-19-13(4)16(6-2)12(3)18-19/h7-8,17H,5-6,9-11H2,1-4H3. The van der Waals surface area contributed by atoms with Crippen LogP contribution >= 0.6 is 11.3 Å². The second-order valence-electron chi connectivity index (χ2n) is 5.21. The number of hydrogen-bond acceptors (Lipinski definition) is 3. The minimum absolute atomic E-state index is 0.894. The van der Waals surface area contributed by atoms with Crippen molar-refractivity contribution < 1.29 is 0 Å². The number of nitrogens with zero attached hydrogens (tertiary/aromatic N) is 2. The van der Waals surface area contributed by atoms with Gasteiger partial charge < -0.3 is 5.32 Å². The quantitative estimate of drug-likeness (QED) is 0.789. The molecule has 0 saturated carbocycles. The van der Waals surface area contributed by atoms with Gasteiger partial charge in [-0.2, -0.15) is 5.10 Å². The number of hydrogen-bond donors (Lipinski definition) is 1. The summed E-state index contributed by atoms with van der Waals surface area (Å²) in [6.45, 7) is 11.6. The van der Waals surface area contributed by atoms with Crippen molar-refractivity contribution in [3.63, 3.8) is 0 Å². The highest BCUT2D eigenvalue weighted by Gasteiger charge is 2.10. The van der Waals surface area contributed by atoms with Gasteiger partial charge in [0.15, 0.2) is 0 Å². The number of aryl methyl sites for hydroxylation is 1. The van der Waals surface area contributed by atoms with Crippen LogP contribution in [0.25, 0.3) is 0 Å². The zero-order valence-electron chi connectivity index (χ0n) is 13.0. The lowest BCUT2D eigenvalue weighted by molar-refractivity contribution is 0.665. The van der Waals surface area contributed by atoms with E-state index in [4.69, 9.17) is 0 Å². The molecule has 4 heteroatoms. The van der Waals surface area contributed by atoms with Gasteiger partial charge in [0.1, 0.15) is 0 Å². The molecular weight excluding hydrogens is 266 g/mol. The van der Waals surface area contributed by atoms with E-state index in [0.29, 0.717) is 0 Å². The SMILES string of the molecule is CCCNCc1ccc(Cn2nc(C)c(CC)c2C)s1. The fourth-order valence-corrected chi connectivity index (χ4v) is 3.51. The maximum atomic E-state index is 4.67. The molecule has 0 saturated heterocycles. The molecule has 0 aliphatic rings. The summed E-state index contributed by atoms with van der Waals surface area (Å²) in [4.78, 5) is 2.79. The van der Waals surface area contributed by atoms with Gasteiger partial charge in [-0.25, -0.2) is 0 Å². The Morgan fingerprint density at radius 1 is 1.20 bits per heavy atom. The fourth-order valence-electron chi connectivity index (χ4n) is 2.54. The molecule has 0 spiro atoms. The van der Waals surface area contributed by atoms with E-state index < -0.39 is 0 Å². The van der Waals surface area contributed by atoms with Crippen LogP contribution < -0.4 is 5.32 Å². The molecule has 0 bridgehead atoms. The second kappa shape index (κ2) is 7.04. The minimum Gasteiger partial charge on any atom is -0.312 e. The molecule has 1 N–H and O–H groups in total. The van der Waals surface area contributed by atoms with Crippen molar-refractivity contribution >= 4 is 11.3 Å². The van der Waals surface area contributed by atoms with E-state index in [1.54, 1.807) is 0 Å². The van der Waals surface area contributed by atoms with Gasteiger partial charge in [-0.1, -0.05) is 13.8 Å². The van der Waals surface area contributed by atoms with Crippen LogP contribution in [0.15, 0.2) is 12.1 Å². The maximum absolute atomic E-state index is 4.67. The summed E-state index contributed by atoms with van der Waals surface area (Å²) in [6.07, 6.45) is 2.25. The largest absolute Gasteiger partial charge is 0.312 e. The summed E-state index contributed by atoms with van der Waals surface area (Å²) in [7, 11) is 0. The summed E-state index contributed by atoms with van der Waals surface area (Å²) in [5.74, 6) is 0. The van der Waals surface area contributed by atoms with Crippen molar-refractivity contribution in [2.24, 2.45) is 0 Å². The Balaban J connectivity index is 2.03. The van der Waals surface area contributed by atoms with Gasteiger partial charge in [0.25, 0.3) is 0 Å². The average molecular weight is 291 g/mol. The highest BCUT2D eigenvalue weighted by atomic mass is 32.1. The summed E-state index contributed by atoms with van der Waals surface area (Å²) < 4.78 is 2.14. The number of nitrogens with one attached hydrogen (secondary N) is 1. The molecule has 2 aromatic heterocycles. The molecule has 3 nitrogen and oxygen atoms in total. The highest BCUT2D eigenvalue weighted by Crippen LogP contribution is 2.20. The number of rotatable bonds is 7. The van der Waals surface area contributed by atoms with E-state index in [2.05, 4.69) is 54.9 Å². The predicted octanol–water partition coefficient (Wildman–Crippen LogP) is 3.67. The van der Waals surface area contributed by atoms with E-state index in [1.165, 1.54) is 33.1 Å². The van der Waals surface area contributed by atoms with E-state index in [-0.39, 0.29) is 0 Å². The Hall–Kier alpha value is -1.13. The highest BCUT2D eigenvalue weighted by molar-refractivity contribution is 7.11. The number of thiophene rings is 1. The first kappa shape index (κ1) is 15.3. The molecular formula is C16H25N3S. The molecule has 0 radical (unpaired) electrons. The van der Waals surface area contributed by atoms with E-state index >= 15 is 0 Å². The van der Waals surface area contributed by atoms with Crippen molar-refractivity contribution in [1.82, 2.24) is 15.1 Å². The van der Waals surface area contributed by atoms with Gasteiger partial charge in [-0.05, 0) is 50.9 Å². The first-order chi connectivity index (χ1) is 9.65. The summed E-state index contributed by atoms with van der Waals surface area (Å²) in [6, 6.07) is 4.46. The van der Waals surface area contributed by atoms with Crippen LogP contribution in [-0.4, -0.2) is 16.3 Å². The van der Waals surface area contributed by atoms with Crippen molar-refractivity contribution in [2.75, 3.05) is 6.54 Å². The summed E-state index contributed by atoms with van der Waals surface area (Å²) in [5, 5.41) is 8.12. The Kier molecular flexibility index (Phi) is 5.38. The molecule has 20 heavy (non-hydrogen) atoms. The Labute approximate surface area is 126 Å². The lowest BCUT2D eigenvalue weighted by atomic mass is 10.1. The molecule has 2 heterocycles. The lowest BCUT2D eigenvalue weighted by Crippen LogP contribution is -2.12. The van der Waals surface area contributed by atoms with E-state index in [1.807, 2.05) is 11.3 Å². The van der Waals surface area contributed by atoms with Crippen molar-refractivity contribution in [3.8, 4) is 0 Å². The third-order valence-corrected chi connectivity index (χ3v) is 4.70. The first-order valence-corrected chi connectivity index (χ1v) is 8.28. The molecule has 0 unspecified atom stereocenters. The summed E-state index contributed by atoms with van der Waals surface area (Å²) >= 11 is 1.89. The molecule has 0 amide bonds. The number of aromatic nitrogens is 2. The molecule has 0 aromatic carbocycles. The fraction of sp³-hybridized carbons (Fsp3) is 0.562. The van der Waals surface area contributed by atoms with Crippen LogP contribution in [0.4, 0.5) is 0 Å². The van der Waals surface area contributed by atoms with Crippen LogP contribution in [0.2, 0.25) is 0 Å². The zero-order chi connectivity index (χ0) is 14.5. The molecule has 2 rings (SSSR count). The van der Waals surface area contributed by atoms with Crippen molar-refractivity contribution in [3.05, 3.63) is 38.8 Å². The molecule has 2 aromatic rings. The third-order valence-electron chi connectivity index (χ3n) is 3.63. The Bertz CT molecular complexity index is 554. The second-order valence-corrected chi connectivity index (χ2v) is 6.46. The van der Waals surface area contributed by atoms with Gasteiger partial charge in [0, 0.05) is 22.0 Å². The van der Waals surface area contributed by atoms with Crippen molar-refractivity contribution in [2.45, 2.75) is 53.6 Å². The van der Waals surface area contributed by atoms with E-state index in [0.717, 1.165) is 26.1 Å². The summed E-state index contributed by atoms with van der Waals surface area (Å²) in [5.41, 5.74) is 3.88. The Morgan fingerprint density at radius 2 is 1.95 bits per heavy atom. The zero-order valence-corrected chi connectivity index (χ0v) is 13.8. The van der Waals surface area contributed by atoms with Crippen LogP contribution in [-0.2, 0) is 19.5 Å². The smallest absolute Gasteiger partial charge is 0.0755 e. The van der Waals surface area contributed by atoms with Crippen LogP contribution in [0.1, 0.15) is 47.0 Å². The first-order valence-electron chi connectivity index (χ1n) is 7.46. The van der Waals surface area contributed by atoms with Crippen molar-refractivity contribution in [1.29, 1.82) is 0 Å². The van der Waals surface area contributed by atoms with Gasteiger partial charge in [0.05, 0.1) is 12.2 Å². The molecule has 0 fully saturated rings. The van der Waals surface area contributed by atoms with Crippen LogP contribution in [0.3, 0.4) is 0 Å². The predicted molar refractivity (Wildman–Crippen MR) is 86.5 cm³/mol. The van der Waals surface area contributed by atoms with Gasteiger partial charge >= 0.3 is 0 Å². The molecule has 0 aliphatic heterocycles. The normalized spacial score (nSPS) is 11.2. The van der Waals surface area contributed by atoms with Crippen LogP contribution in [0.5, 0.6) is 0 Å². The van der Waals surface area contributed by atoms with Crippen LogP contribution in [0, 0.1) is 13.8 Å². The average Bonchev–Trinajstić information content (AvgIpc) is 2.96. The minimum atomic E-state index is 0.894. The molecule has 0 atom stereocenters. The molecule has 0 aliphatic carbocycles.